The van der Waals surface area contributed by atoms with Gasteiger partial charge in [0.1, 0.15) is 48.0 Å². The van der Waals surface area contributed by atoms with Crippen LogP contribution in [0.1, 0.15) is 94.6 Å². The Labute approximate surface area is 471 Å². The Morgan fingerprint density at radius 1 is 0.762 bits per heavy atom. The van der Waals surface area contributed by atoms with Crippen LogP contribution in [0.5, 0.6) is 5.75 Å². The molecular weight excluding hydrogens is 1080 g/mol. The van der Waals surface area contributed by atoms with Gasteiger partial charge in [-0.1, -0.05) is 83.3 Å². The summed E-state index contributed by atoms with van der Waals surface area (Å²) >= 11 is 0. The summed E-state index contributed by atoms with van der Waals surface area (Å²) in [4.78, 5) is 158. The summed E-state index contributed by atoms with van der Waals surface area (Å²) in [5.41, 5.74) is 28.5. The minimum atomic E-state index is -1.78. The highest BCUT2D eigenvalue weighted by molar-refractivity contribution is 8.77. The third-order valence-corrected chi connectivity index (χ3v) is 17.3. The number of phenolic OH excluding ortho intramolecular Hbond substituents is 1. The molecule has 26 nitrogen and oxygen atoms in total. The van der Waals surface area contributed by atoms with Crippen molar-refractivity contribution >= 4 is 92.5 Å². The maximum atomic E-state index is 15.0. The zero-order chi connectivity index (χ0) is 58.5. The van der Waals surface area contributed by atoms with E-state index in [1.165, 1.54) is 50.6 Å². The van der Waals surface area contributed by atoms with Gasteiger partial charge in [0.25, 0.3) is 0 Å². The fourth-order valence-corrected chi connectivity index (χ4v) is 13.0. The highest BCUT2D eigenvalue weighted by atomic mass is 33.1. The number of nitrogens with two attached hydrogens (primary N) is 5. The van der Waals surface area contributed by atoms with E-state index in [1.54, 1.807) is 42.5 Å². The van der Waals surface area contributed by atoms with Crippen molar-refractivity contribution in [3.8, 4) is 5.75 Å². The first kappa shape index (κ1) is 63.2. The molecular formula is C52H74N14O12S2. The average Bonchev–Trinajstić information content (AvgIpc) is 3.91. The van der Waals surface area contributed by atoms with Crippen LogP contribution in [0.4, 0.5) is 0 Å². The Hall–Kier alpha value is -7.62. The Morgan fingerprint density at radius 3 is 2.05 bits per heavy atom. The lowest BCUT2D eigenvalue weighted by atomic mass is 9.85. The summed E-state index contributed by atoms with van der Waals surface area (Å²) in [6, 6.07) is 4.82. The largest absolute Gasteiger partial charge is 0.508 e. The maximum Gasteiger partial charge on any atom is 0.246 e. The zero-order valence-corrected chi connectivity index (χ0v) is 46.3. The van der Waals surface area contributed by atoms with Crippen LogP contribution >= 0.6 is 21.6 Å². The number of aliphatic imine (C=N–C) groups is 1. The molecule has 2 heterocycles. The average molecular weight is 1150 g/mol. The molecule has 0 unspecified atom stereocenters. The molecule has 5 rings (SSSR count). The normalized spacial score (nSPS) is 22.8. The molecule has 0 bridgehead atoms. The van der Waals surface area contributed by atoms with Gasteiger partial charge in [0, 0.05) is 56.3 Å². The van der Waals surface area contributed by atoms with E-state index in [1.807, 2.05) is 0 Å². The Morgan fingerprint density at radius 2 is 1.40 bits per heavy atom. The highest BCUT2D eigenvalue weighted by Crippen LogP contribution is 2.49. The monoisotopic (exact) mass is 1150 g/mol. The van der Waals surface area contributed by atoms with Crippen molar-refractivity contribution in [3.05, 3.63) is 65.7 Å². The molecule has 80 heavy (non-hydrogen) atoms. The number of nitrogens with zero attached hydrogens (tertiary/aromatic N) is 3. The molecule has 0 radical (unpaired) electrons. The van der Waals surface area contributed by atoms with Crippen LogP contribution < -0.4 is 60.6 Å². The number of rotatable bonds is 19. The smallest absolute Gasteiger partial charge is 0.246 e. The standard InChI is InChI=1S/C52H74N14O12S2/c1-65-39(25-31-14-16-32(67)17-15-31)49(77)63-35(24-30-10-4-2-5-11-30)46(74)60-34(18-19-40(53)68)45(73)62-36(26-41(54)69)47(75)64-37(29-79-80-52(27-43(65)71)20-6-3-7-21-52)50(78)66-23-9-13-38(66)48(76)61-33(12-8-22-58-51(56)57)44(72)59-28-42(55)70/h2,4-5,10-11,14-17,33-39,67H,3,6-9,12-13,18-29H2,1H3,(H2,53,68)(H2,54,69)(H2,55,70)(H,59,72)(H,60,74)(H,61,76)(H,62,73)(H,63,77)(H,64,75)(H4,56,57,58)/t33-,34-,35+,36+,37+,38-,39-/m0/s1. The first-order valence-corrected chi connectivity index (χ1v) is 28.7. The third-order valence-electron chi connectivity index (χ3n) is 14.0. The minimum absolute atomic E-state index is 0.0148. The summed E-state index contributed by atoms with van der Waals surface area (Å²) in [7, 11) is 4.00. The van der Waals surface area contributed by atoms with E-state index in [4.69, 9.17) is 28.7 Å². The number of carbonyl (C=O) groups is 11. The van der Waals surface area contributed by atoms with Gasteiger partial charge in [0.05, 0.1) is 13.0 Å². The predicted octanol–water partition coefficient (Wildman–Crippen LogP) is -2.30. The van der Waals surface area contributed by atoms with Crippen molar-refractivity contribution in [3.63, 3.8) is 0 Å². The molecule has 0 aromatic heterocycles. The van der Waals surface area contributed by atoms with E-state index in [0.717, 1.165) is 19.3 Å². The number of phenols is 1. The number of hydrogen-bond donors (Lipinski definition) is 12. The molecule has 2 aromatic rings. The molecule has 2 saturated heterocycles. The zero-order valence-electron chi connectivity index (χ0n) is 44.7. The predicted molar refractivity (Wildman–Crippen MR) is 298 cm³/mol. The fraction of sp³-hybridized carbons (Fsp3) is 0.538. The number of nitrogens with one attached hydrogen (secondary N) is 6. The summed E-state index contributed by atoms with van der Waals surface area (Å²) in [6.07, 6.45) is 2.29. The van der Waals surface area contributed by atoms with Crippen molar-refractivity contribution in [2.75, 3.05) is 32.4 Å². The molecule has 1 saturated carbocycles. The third kappa shape index (κ3) is 19.6. The van der Waals surface area contributed by atoms with Crippen LogP contribution in [0.2, 0.25) is 0 Å². The van der Waals surface area contributed by atoms with E-state index in [9.17, 15) is 57.8 Å². The van der Waals surface area contributed by atoms with Gasteiger partial charge in [0.2, 0.25) is 65.0 Å². The second-order valence-electron chi connectivity index (χ2n) is 20.2. The maximum absolute atomic E-state index is 15.0. The van der Waals surface area contributed by atoms with Crippen molar-refractivity contribution < 1.29 is 57.8 Å². The Kier molecular flexibility index (Phi) is 24.2. The Bertz CT molecular complexity index is 2590. The van der Waals surface area contributed by atoms with Gasteiger partial charge in [0.15, 0.2) is 5.96 Å². The van der Waals surface area contributed by atoms with Gasteiger partial charge >= 0.3 is 0 Å². The van der Waals surface area contributed by atoms with Crippen molar-refractivity contribution in [1.29, 1.82) is 0 Å². The molecule has 11 amide bonds. The molecule has 436 valence electrons. The topological polar surface area (TPSA) is 429 Å². The fourth-order valence-electron chi connectivity index (χ4n) is 9.67. The van der Waals surface area contributed by atoms with Crippen LogP contribution in [0, 0.1) is 0 Å². The Balaban J connectivity index is 1.55. The van der Waals surface area contributed by atoms with Gasteiger partial charge in [-0.3, -0.25) is 57.7 Å². The van der Waals surface area contributed by atoms with Crippen LogP contribution in [0.15, 0.2) is 59.6 Å². The number of likely N-dealkylation sites (N-methyl/N-ethyl adjacent to an activating group) is 1. The number of amides is 11. The highest BCUT2D eigenvalue weighted by Gasteiger charge is 2.43. The molecule has 2 aliphatic heterocycles. The molecule has 3 fully saturated rings. The van der Waals surface area contributed by atoms with Crippen molar-refractivity contribution in [2.24, 2.45) is 33.7 Å². The molecule has 1 spiro atoms. The summed E-state index contributed by atoms with van der Waals surface area (Å²) in [5.74, 6) is -9.51. The van der Waals surface area contributed by atoms with Gasteiger partial charge in [-0.2, -0.15) is 0 Å². The van der Waals surface area contributed by atoms with E-state index < -0.39 is 138 Å². The van der Waals surface area contributed by atoms with Crippen molar-refractivity contribution in [1.82, 2.24) is 41.7 Å². The van der Waals surface area contributed by atoms with Crippen LogP contribution in [0.3, 0.4) is 0 Å². The van der Waals surface area contributed by atoms with E-state index in [2.05, 4.69) is 36.9 Å². The first-order chi connectivity index (χ1) is 38.0. The van der Waals surface area contributed by atoms with E-state index in [0.29, 0.717) is 30.4 Å². The number of hydrogen-bond acceptors (Lipinski definition) is 15. The van der Waals surface area contributed by atoms with Gasteiger partial charge in [-0.05, 0) is 68.2 Å². The van der Waals surface area contributed by atoms with Crippen LogP contribution in [-0.2, 0) is 65.6 Å². The minimum Gasteiger partial charge on any atom is -0.508 e. The lowest BCUT2D eigenvalue weighted by molar-refractivity contribution is -0.142. The summed E-state index contributed by atoms with van der Waals surface area (Å²) < 4.78 is -0.758. The van der Waals surface area contributed by atoms with Crippen LogP contribution in [-0.4, -0.2) is 165 Å². The first-order valence-electron chi connectivity index (χ1n) is 26.4. The number of benzene rings is 2. The number of carbonyl (C=O) groups excluding carboxylic acids is 11. The van der Waals surface area contributed by atoms with Crippen LogP contribution in [0.25, 0.3) is 0 Å². The number of guanidine groups is 1. The van der Waals surface area contributed by atoms with E-state index in [-0.39, 0.29) is 69.1 Å². The summed E-state index contributed by atoms with van der Waals surface area (Å²) in [6.45, 7) is -0.394. The summed E-state index contributed by atoms with van der Waals surface area (Å²) in [5, 5.41) is 25.7. The quantitative estimate of drug-likeness (QED) is 0.0305. The SMILES string of the molecule is CN1C(=O)CC2(CCCCC2)SSC[C@H](C(=O)N2CCC[C@H]2C(=O)N[C@@H](CCCN=C(N)N)C(=O)NCC(N)=O)NC(=O)[C@@H](CC(N)=O)NC(=O)[C@H](CCC(N)=O)NC(=O)[C@@H](Cc2ccccc2)NC(=O)[C@@H]1Cc1ccc(O)cc1. The molecule has 28 heteroatoms. The second kappa shape index (κ2) is 30.7. The number of primary amides is 3. The molecule has 17 N–H and O–H groups in total. The van der Waals surface area contributed by atoms with Gasteiger partial charge in [-0.25, -0.2) is 0 Å². The van der Waals surface area contributed by atoms with Gasteiger partial charge < -0.3 is 75.5 Å². The molecule has 7 atom stereocenters. The van der Waals surface area contributed by atoms with Crippen molar-refractivity contribution in [2.45, 2.75) is 143 Å². The lowest BCUT2D eigenvalue weighted by Crippen LogP contribution is -2.61. The lowest BCUT2D eigenvalue weighted by Gasteiger charge is -2.38. The molecule has 1 aliphatic carbocycles. The second-order valence-corrected chi connectivity index (χ2v) is 23.0. The number of likely N-dealkylation sites (tertiary alicyclic amines) is 1. The molecule has 2 aromatic carbocycles. The number of aromatic hydroxyl groups is 1. The van der Waals surface area contributed by atoms with E-state index >= 15 is 0 Å². The molecule has 3 aliphatic rings. The van der Waals surface area contributed by atoms with Gasteiger partial charge in [-0.15, -0.1) is 0 Å².